The lowest BCUT2D eigenvalue weighted by Gasteiger charge is -2.18. The van der Waals surface area contributed by atoms with Crippen molar-refractivity contribution in [2.75, 3.05) is 0 Å². The maximum Gasteiger partial charge on any atom is 0.139 e. The van der Waals surface area contributed by atoms with E-state index in [0.29, 0.717) is 6.04 Å². The average Bonchev–Trinajstić information content (AvgIpc) is 3.48. The fourth-order valence-corrected chi connectivity index (χ4v) is 7.46. The molecule has 9 rings (SSSR count). The molecule has 0 aliphatic carbocycles. The van der Waals surface area contributed by atoms with Crippen LogP contribution in [0.5, 0.6) is 0 Å². The van der Waals surface area contributed by atoms with E-state index in [2.05, 4.69) is 148 Å². The quantitative estimate of drug-likeness (QED) is 0.183. The Bertz CT molecular complexity index is 2670. The van der Waals surface area contributed by atoms with Gasteiger partial charge in [-0.25, -0.2) is 0 Å². The molecule has 1 nitrogen and oxygen atoms in total. The first-order chi connectivity index (χ1) is 23.3. The van der Waals surface area contributed by atoms with E-state index in [1.807, 2.05) is 18.2 Å². The highest BCUT2D eigenvalue weighted by atomic mass is 16.3. The molecule has 0 aliphatic heterocycles. The van der Waals surface area contributed by atoms with E-state index in [-0.39, 0.29) is 5.41 Å². The van der Waals surface area contributed by atoms with Crippen LogP contribution >= 0.6 is 0 Å². The summed E-state index contributed by atoms with van der Waals surface area (Å²) >= 11 is 0. The predicted octanol–water partition coefficient (Wildman–Crippen LogP) is 13.3. The first-order valence-corrected chi connectivity index (χ1v) is 16.3. The van der Waals surface area contributed by atoms with Crippen molar-refractivity contribution in [3.63, 3.8) is 0 Å². The minimum atomic E-state index is -0.0175. The van der Waals surface area contributed by atoms with E-state index < -0.39 is 0 Å². The molecular weight excluding hydrogens is 569 g/mol. The minimum absolute atomic E-state index is 0.0175. The third kappa shape index (κ3) is 4.46. The van der Waals surface area contributed by atoms with Gasteiger partial charge in [0.1, 0.15) is 11.2 Å². The Morgan fingerprint density at radius 2 is 1.04 bits per heavy atom. The summed E-state index contributed by atoms with van der Waals surface area (Å²) in [5.41, 5.74) is 10.3. The van der Waals surface area contributed by atoms with Gasteiger partial charge in [-0.15, -0.1) is 0 Å². The van der Waals surface area contributed by atoms with Gasteiger partial charge >= 0.3 is 0 Å². The zero-order valence-corrected chi connectivity index (χ0v) is 26.8. The monoisotopic (exact) mass is 603 g/mol. The van der Waals surface area contributed by atoms with Gasteiger partial charge < -0.3 is 4.42 Å². The van der Waals surface area contributed by atoms with Gasteiger partial charge in [-0.3, -0.25) is 0 Å². The molecule has 0 radical (unpaired) electrons. The van der Waals surface area contributed by atoms with Crippen LogP contribution < -0.4 is 0 Å². The van der Waals surface area contributed by atoms with E-state index in [1.54, 1.807) is 0 Å². The molecule has 224 valence electrons. The third-order valence-electron chi connectivity index (χ3n) is 9.69. The molecule has 0 fully saturated rings. The van der Waals surface area contributed by atoms with Crippen LogP contribution in [0, 0.1) is 0 Å². The van der Waals surface area contributed by atoms with E-state index in [4.69, 9.17) is 5.79 Å². The SMILES string of the molecule is [2H]c1ccc2cc(-c3cccc(-c4c5ccccc5c(-c5ccc6oc7c(C(C)(C)C)cccc7c6c5)c5ccccc45)c3)ccc2c1. The summed E-state index contributed by atoms with van der Waals surface area (Å²) in [6.07, 6.45) is 0. The molecule has 1 aromatic heterocycles. The maximum atomic E-state index is 8.00. The van der Waals surface area contributed by atoms with Crippen LogP contribution in [0.2, 0.25) is 0 Å². The van der Waals surface area contributed by atoms with Gasteiger partial charge in [0.15, 0.2) is 0 Å². The van der Waals surface area contributed by atoms with Crippen LogP contribution in [0.25, 0.3) is 87.6 Å². The van der Waals surface area contributed by atoms with Crippen molar-refractivity contribution in [2.45, 2.75) is 26.2 Å². The summed E-state index contributed by atoms with van der Waals surface area (Å²) in [4.78, 5) is 0. The lowest BCUT2D eigenvalue weighted by Crippen LogP contribution is -2.10. The standard InChI is InChI=1S/C46H34O/c1-46(2,3)41-21-11-20-39-40-28-34(24-25-42(40)47-45(39)41)44-37-18-8-6-16-35(37)43(36-17-7-9-19-38(36)44)33-15-10-14-31(27-33)32-23-22-29-12-4-5-13-30(29)26-32/h4-28H,1-3H3/i4D. The van der Waals surface area contributed by atoms with Crippen LogP contribution in [-0.4, -0.2) is 0 Å². The third-order valence-corrected chi connectivity index (χ3v) is 9.69. The summed E-state index contributed by atoms with van der Waals surface area (Å²) in [7, 11) is 0. The molecule has 0 saturated heterocycles. The summed E-state index contributed by atoms with van der Waals surface area (Å²) in [6.45, 7) is 6.73. The van der Waals surface area contributed by atoms with Crippen molar-refractivity contribution >= 4 is 54.3 Å². The molecule has 0 unspecified atom stereocenters. The molecule has 0 spiro atoms. The van der Waals surface area contributed by atoms with Crippen LogP contribution in [0.4, 0.5) is 0 Å². The van der Waals surface area contributed by atoms with Crippen LogP contribution in [-0.2, 0) is 5.41 Å². The number of hydrogen-bond acceptors (Lipinski definition) is 1. The van der Waals surface area contributed by atoms with Crippen LogP contribution in [0.15, 0.2) is 156 Å². The van der Waals surface area contributed by atoms with Gasteiger partial charge in [0.25, 0.3) is 0 Å². The molecule has 8 aromatic carbocycles. The second kappa shape index (κ2) is 10.4. The molecule has 9 aromatic rings. The molecule has 0 amide bonds. The molecule has 0 atom stereocenters. The highest BCUT2D eigenvalue weighted by molar-refractivity contribution is 6.22. The van der Waals surface area contributed by atoms with Gasteiger partial charge in [0.05, 0.1) is 1.37 Å². The molecule has 0 N–H and O–H groups in total. The highest BCUT2D eigenvalue weighted by Crippen LogP contribution is 2.46. The minimum Gasteiger partial charge on any atom is -0.456 e. The molecule has 0 bridgehead atoms. The fourth-order valence-electron chi connectivity index (χ4n) is 7.46. The van der Waals surface area contributed by atoms with Gasteiger partial charge in [0, 0.05) is 16.3 Å². The smallest absolute Gasteiger partial charge is 0.139 e. The number of furan rings is 1. The topological polar surface area (TPSA) is 13.1 Å². The lowest BCUT2D eigenvalue weighted by molar-refractivity contribution is 0.573. The summed E-state index contributed by atoms with van der Waals surface area (Å²) < 4.78 is 14.5. The maximum absolute atomic E-state index is 8.00. The molecule has 47 heavy (non-hydrogen) atoms. The summed E-state index contributed by atoms with van der Waals surface area (Å²) in [5, 5.41) is 9.47. The second-order valence-corrected chi connectivity index (χ2v) is 13.7. The molecule has 1 heterocycles. The second-order valence-electron chi connectivity index (χ2n) is 13.7. The van der Waals surface area contributed by atoms with Crippen molar-refractivity contribution in [3.05, 3.63) is 157 Å². The highest BCUT2D eigenvalue weighted by Gasteiger charge is 2.22. The van der Waals surface area contributed by atoms with E-state index in [1.165, 1.54) is 60.5 Å². The van der Waals surface area contributed by atoms with E-state index >= 15 is 0 Å². The number of benzene rings is 8. The Morgan fingerprint density at radius 3 is 1.74 bits per heavy atom. The Morgan fingerprint density at radius 1 is 0.447 bits per heavy atom. The van der Waals surface area contributed by atoms with Crippen molar-refractivity contribution in [1.29, 1.82) is 0 Å². The van der Waals surface area contributed by atoms with Crippen molar-refractivity contribution in [3.8, 4) is 33.4 Å². The fraction of sp³-hybridized carbons (Fsp3) is 0.0870. The number of hydrogen-bond donors (Lipinski definition) is 0. The van der Waals surface area contributed by atoms with Crippen molar-refractivity contribution in [2.24, 2.45) is 0 Å². The average molecular weight is 604 g/mol. The molecule has 0 aliphatic rings. The zero-order valence-electron chi connectivity index (χ0n) is 27.8. The Labute approximate surface area is 276 Å². The van der Waals surface area contributed by atoms with Crippen molar-refractivity contribution < 1.29 is 5.79 Å². The Hall–Kier alpha value is -5.66. The van der Waals surface area contributed by atoms with Gasteiger partial charge in [0.2, 0.25) is 0 Å². The van der Waals surface area contributed by atoms with Gasteiger partial charge in [-0.1, -0.05) is 148 Å². The normalized spacial score (nSPS) is 12.4. The first kappa shape index (κ1) is 26.5. The van der Waals surface area contributed by atoms with Crippen LogP contribution in [0.3, 0.4) is 0 Å². The number of para-hydroxylation sites is 1. The Balaban J connectivity index is 1.27. The van der Waals surface area contributed by atoms with Crippen molar-refractivity contribution in [1.82, 2.24) is 0 Å². The number of rotatable bonds is 3. The predicted molar refractivity (Wildman–Crippen MR) is 201 cm³/mol. The molecule has 1 heteroatoms. The van der Waals surface area contributed by atoms with Gasteiger partial charge in [-0.2, -0.15) is 0 Å². The van der Waals surface area contributed by atoms with Crippen LogP contribution in [0.1, 0.15) is 27.7 Å². The number of fused-ring (bicyclic) bond motifs is 6. The van der Waals surface area contributed by atoms with E-state index in [9.17, 15) is 0 Å². The summed E-state index contributed by atoms with van der Waals surface area (Å²) in [6, 6.07) is 52.7. The molecular formula is C46H34O. The van der Waals surface area contributed by atoms with Gasteiger partial charge in [-0.05, 0) is 95.4 Å². The summed E-state index contributed by atoms with van der Waals surface area (Å²) in [5.74, 6) is 0. The Kier molecular flexibility index (Phi) is 5.90. The zero-order chi connectivity index (χ0) is 32.6. The van der Waals surface area contributed by atoms with E-state index in [0.717, 1.165) is 32.7 Å². The molecule has 0 saturated carbocycles. The lowest BCUT2D eigenvalue weighted by atomic mass is 9.85. The first-order valence-electron chi connectivity index (χ1n) is 16.8. The largest absolute Gasteiger partial charge is 0.456 e.